The van der Waals surface area contributed by atoms with Crippen molar-refractivity contribution in [3.8, 4) is 11.5 Å². The van der Waals surface area contributed by atoms with Gasteiger partial charge in [-0.1, -0.05) is 35.9 Å². The number of halogens is 1. The minimum absolute atomic E-state index is 0.104. The highest BCUT2D eigenvalue weighted by molar-refractivity contribution is 5.97. The van der Waals surface area contributed by atoms with Crippen LogP contribution in [0.15, 0.2) is 59.8 Å². The molecule has 5 nitrogen and oxygen atoms in total. The third-order valence-electron chi connectivity index (χ3n) is 5.62. The fourth-order valence-electron chi connectivity index (χ4n) is 3.86. The lowest BCUT2D eigenvalue weighted by Gasteiger charge is -2.14. The van der Waals surface area contributed by atoms with Crippen molar-refractivity contribution in [2.45, 2.75) is 20.3 Å². The second kappa shape index (κ2) is 10.2. The van der Waals surface area contributed by atoms with Crippen LogP contribution < -0.4 is 15.2 Å². The van der Waals surface area contributed by atoms with E-state index in [0.29, 0.717) is 6.42 Å². The molecular weight excluding hydrogens is 421 g/mol. The zero-order chi connectivity index (χ0) is 24.1. The molecule has 0 unspecified atom stereocenters. The topological polar surface area (TPSA) is 70.8 Å². The number of benzene rings is 2. The quantitative estimate of drug-likeness (QED) is 0.443. The number of rotatable bonds is 6. The fourth-order valence-corrected chi connectivity index (χ4v) is 3.86. The predicted octanol–water partition coefficient (Wildman–Crippen LogP) is 5.84. The zero-order valence-corrected chi connectivity index (χ0v) is 19.5. The Morgan fingerprint density at radius 2 is 1.76 bits per heavy atom. The van der Waals surface area contributed by atoms with E-state index in [1.807, 2.05) is 43.4 Å². The van der Waals surface area contributed by atoms with Gasteiger partial charge in [0.1, 0.15) is 22.9 Å². The molecular formula is C27H28FNO4. The highest BCUT2D eigenvalue weighted by Gasteiger charge is 2.22. The maximum Gasteiger partial charge on any atom is 0.345 e. The van der Waals surface area contributed by atoms with Crippen molar-refractivity contribution in [3.63, 3.8) is 0 Å². The van der Waals surface area contributed by atoms with Gasteiger partial charge in [-0.2, -0.15) is 0 Å². The lowest BCUT2D eigenvalue weighted by Crippen LogP contribution is -2.07. The first-order chi connectivity index (χ1) is 15.8. The monoisotopic (exact) mass is 449 g/mol. The Hall–Kier alpha value is -3.80. The van der Waals surface area contributed by atoms with Crippen LogP contribution in [-0.4, -0.2) is 27.3 Å². The molecule has 0 saturated carbocycles. The van der Waals surface area contributed by atoms with Gasteiger partial charge < -0.3 is 19.9 Å². The number of methoxy groups -OCH3 is 3. The Balaban J connectivity index is 2.07. The molecule has 2 aromatic rings. The third-order valence-corrected chi connectivity index (χ3v) is 5.62. The molecule has 0 atom stereocenters. The van der Waals surface area contributed by atoms with Crippen molar-refractivity contribution in [2.24, 2.45) is 5.73 Å². The summed E-state index contributed by atoms with van der Waals surface area (Å²) in [7, 11) is 4.06. The molecule has 0 bridgehead atoms. The van der Waals surface area contributed by atoms with Crippen molar-refractivity contribution in [1.29, 1.82) is 0 Å². The first kappa shape index (κ1) is 23.9. The summed E-state index contributed by atoms with van der Waals surface area (Å²) < 4.78 is 30.8. The summed E-state index contributed by atoms with van der Waals surface area (Å²) in [5, 5.41) is 0. The molecule has 3 rings (SSSR count). The number of ether oxygens (including phenoxy) is 3. The van der Waals surface area contributed by atoms with E-state index in [0.717, 1.165) is 33.5 Å². The largest absolute Gasteiger partial charge is 0.496 e. The molecule has 0 aromatic heterocycles. The highest BCUT2D eigenvalue weighted by Crippen LogP contribution is 2.36. The maximum absolute atomic E-state index is 15.4. The second-order valence-electron chi connectivity index (χ2n) is 7.73. The SMILES string of the molecule is COC(=O)c1c(OC)cc(/C(F)=C/c2cccc(C3=C(C)CC(N)=CC=C3)c2C)cc1OC. The molecule has 1 aliphatic carbocycles. The van der Waals surface area contributed by atoms with Gasteiger partial charge in [0.25, 0.3) is 0 Å². The van der Waals surface area contributed by atoms with Crippen molar-refractivity contribution < 1.29 is 23.4 Å². The van der Waals surface area contributed by atoms with Crippen LogP contribution in [0.3, 0.4) is 0 Å². The summed E-state index contributed by atoms with van der Waals surface area (Å²) in [6.07, 6.45) is 8.01. The Labute approximate surface area is 193 Å². The predicted molar refractivity (Wildman–Crippen MR) is 130 cm³/mol. The molecule has 0 saturated heterocycles. The van der Waals surface area contributed by atoms with E-state index in [1.54, 1.807) is 0 Å². The van der Waals surface area contributed by atoms with Gasteiger partial charge in [0.15, 0.2) is 0 Å². The van der Waals surface area contributed by atoms with Crippen molar-refractivity contribution in [2.75, 3.05) is 21.3 Å². The van der Waals surface area contributed by atoms with Crippen LogP contribution in [0.4, 0.5) is 4.39 Å². The molecule has 0 spiro atoms. The number of esters is 1. The van der Waals surface area contributed by atoms with E-state index in [-0.39, 0.29) is 22.6 Å². The van der Waals surface area contributed by atoms with E-state index in [9.17, 15) is 4.79 Å². The molecule has 6 heteroatoms. The smallest absolute Gasteiger partial charge is 0.345 e. The van der Waals surface area contributed by atoms with Crippen molar-refractivity contribution in [1.82, 2.24) is 0 Å². The second-order valence-corrected chi connectivity index (χ2v) is 7.73. The summed E-state index contributed by atoms with van der Waals surface area (Å²) in [6.45, 7) is 4.02. The Bertz CT molecular complexity index is 1180. The van der Waals surface area contributed by atoms with Crippen LogP contribution >= 0.6 is 0 Å². The maximum atomic E-state index is 15.4. The highest BCUT2D eigenvalue weighted by atomic mass is 19.1. The standard InChI is InChI=1S/C27H28FNO4/c1-16-12-20(29)9-7-10-21(16)22-11-6-8-18(17(22)2)13-23(28)19-14-24(31-3)26(27(30)33-5)25(15-19)32-4/h6-11,13-15H,12,29H2,1-5H3/b23-13-. The average molecular weight is 450 g/mol. The van der Waals surface area contributed by atoms with Crippen molar-refractivity contribution in [3.05, 3.63) is 87.6 Å². The summed E-state index contributed by atoms with van der Waals surface area (Å²) in [5.74, 6) is -0.783. The lowest BCUT2D eigenvalue weighted by molar-refractivity contribution is 0.0593. The molecule has 2 N–H and O–H groups in total. The summed E-state index contributed by atoms with van der Waals surface area (Å²) in [6, 6.07) is 8.69. The molecule has 172 valence electrons. The normalized spacial score (nSPS) is 14.0. The van der Waals surface area contributed by atoms with Gasteiger partial charge in [0.2, 0.25) is 0 Å². The van der Waals surface area contributed by atoms with Gasteiger partial charge in [-0.05, 0) is 60.4 Å². The number of hydrogen-bond donors (Lipinski definition) is 1. The molecule has 0 amide bonds. The Kier molecular flexibility index (Phi) is 7.38. The molecule has 1 aliphatic rings. The summed E-state index contributed by atoms with van der Waals surface area (Å²) >= 11 is 0. The van der Waals surface area contributed by atoms with Crippen LogP contribution in [0.5, 0.6) is 11.5 Å². The van der Waals surface area contributed by atoms with Gasteiger partial charge >= 0.3 is 5.97 Å². The zero-order valence-electron chi connectivity index (χ0n) is 19.5. The van der Waals surface area contributed by atoms with Gasteiger partial charge in [0.05, 0.1) is 21.3 Å². The molecule has 0 fully saturated rings. The fraction of sp³-hybridized carbons (Fsp3) is 0.222. The van der Waals surface area contributed by atoms with Crippen molar-refractivity contribution >= 4 is 23.4 Å². The van der Waals surface area contributed by atoms with E-state index in [2.05, 4.69) is 6.92 Å². The lowest BCUT2D eigenvalue weighted by atomic mass is 9.92. The van der Waals surface area contributed by atoms with Crippen LogP contribution in [0.2, 0.25) is 0 Å². The van der Waals surface area contributed by atoms with Gasteiger partial charge in [0, 0.05) is 17.7 Å². The Morgan fingerprint density at radius 3 is 2.36 bits per heavy atom. The van der Waals surface area contributed by atoms with E-state index in [4.69, 9.17) is 19.9 Å². The van der Waals surface area contributed by atoms with Gasteiger partial charge in [-0.15, -0.1) is 0 Å². The summed E-state index contributed by atoms with van der Waals surface area (Å²) in [4.78, 5) is 12.1. The Morgan fingerprint density at radius 1 is 1.09 bits per heavy atom. The van der Waals surface area contributed by atoms with Gasteiger partial charge in [-0.3, -0.25) is 0 Å². The number of carbonyl (C=O) groups excluding carboxylic acids is 1. The average Bonchev–Trinajstić information content (AvgIpc) is 2.98. The van der Waals surface area contributed by atoms with Crippen LogP contribution in [-0.2, 0) is 4.74 Å². The minimum atomic E-state index is -0.626. The third kappa shape index (κ3) is 5.00. The van der Waals surface area contributed by atoms with E-state index < -0.39 is 11.8 Å². The molecule has 2 aromatic carbocycles. The molecule has 0 heterocycles. The number of allylic oxidation sites excluding steroid dienone is 5. The van der Waals surface area contributed by atoms with E-state index in [1.165, 1.54) is 39.5 Å². The van der Waals surface area contributed by atoms with Gasteiger partial charge in [-0.25, -0.2) is 9.18 Å². The molecule has 0 radical (unpaired) electrons. The number of hydrogen-bond acceptors (Lipinski definition) is 5. The van der Waals surface area contributed by atoms with Crippen LogP contribution in [0, 0.1) is 6.92 Å². The first-order valence-corrected chi connectivity index (χ1v) is 10.4. The van der Waals surface area contributed by atoms with Crippen LogP contribution in [0.25, 0.3) is 17.5 Å². The minimum Gasteiger partial charge on any atom is -0.496 e. The van der Waals surface area contributed by atoms with Crippen LogP contribution in [0.1, 0.15) is 46.0 Å². The van der Waals surface area contributed by atoms with E-state index >= 15 is 4.39 Å². The molecule has 33 heavy (non-hydrogen) atoms. The molecule has 0 aliphatic heterocycles. The number of carbonyl (C=O) groups is 1. The first-order valence-electron chi connectivity index (χ1n) is 10.4. The summed E-state index contributed by atoms with van der Waals surface area (Å²) in [5.41, 5.74) is 12.1. The number of nitrogens with two attached hydrogens (primary N) is 1.